The Morgan fingerprint density at radius 3 is 2.89 bits per heavy atom. The van der Waals surface area contributed by atoms with Gasteiger partial charge in [0.25, 0.3) is 0 Å². The van der Waals surface area contributed by atoms with Gasteiger partial charge in [-0.25, -0.2) is 0 Å². The van der Waals surface area contributed by atoms with E-state index in [-0.39, 0.29) is 6.10 Å². The minimum absolute atomic E-state index is 0.107. The largest absolute Gasteiger partial charge is 0.493 e. The Morgan fingerprint density at radius 1 is 1.42 bits per heavy atom. The molecule has 0 aliphatic carbocycles. The van der Waals surface area contributed by atoms with E-state index in [9.17, 15) is 0 Å². The van der Waals surface area contributed by atoms with Crippen molar-refractivity contribution in [3.63, 3.8) is 0 Å². The van der Waals surface area contributed by atoms with E-state index in [1.165, 1.54) is 12.8 Å². The van der Waals surface area contributed by atoms with Crippen LogP contribution in [0.4, 0.5) is 0 Å². The fraction of sp³-hybridized carbons (Fsp3) is 0.533. The monoisotopic (exact) mass is 260 g/mol. The maximum atomic E-state index is 8.95. The maximum Gasteiger partial charge on any atom is 0.162 e. The SMILES string of the molecule is COc1ccc(C#N)cc1OC(C)C1CCCNC1. The molecule has 2 atom stereocenters. The molecule has 1 aromatic rings. The van der Waals surface area contributed by atoms with E-state index in [1.54, 1.807) is 25.3 Å². The van der Waals surface area contributed by atoms with Crippen LogP contribution < -0.4 is 14.8 Å². The van der Waals surface area contributed by atoms with Gasteiger partial charge in [-0.15, -0.1) is 0 Å². The molecule has 19 heavy (non-hydrogen) atoms. The molecule has 4 heteroatoms. The standard InChI is InChI=1S/C15H20N2O2/c1-11(13-4-3-7-17-10-13)19-15-8-12(9-16)5-6-14(15)18-2/h5-6,8,11,13,17H,3-4,7,10H2,1-2H3. The van der Waals surface area contributed by atoms with Crippen LogP contribution >= 0.6 is 0 Å². The first kappa shape index (κ1) is 13.7. The topological polar surface area (TPSA) is 54.3 Å². The van der Waals surface area contributed by atoms with Crippen molar-refractivity contribution in [3.05, 3.63) is 23.8 Å². The highest BCUT2D eigenvalue weighted by Gasteiger charge is 2.22. The minimum Gasteiger partial charge on any atom is -0.493 e. The molecule has 0 amide bonds. The van der Waals surface area contributed by atoms with E-state index >= 15 is 0 Å². The number of hydrogen-bond donors (Lipinski definition) is 1. The van der Waals surface area contributed by atoms with Crippen LogP contribution in [0.15, 0.2) is 18.2 Å². The Morgan fingerprint density at radius 2 is 2.26 bits per heavy atom. The molecular weight excluding hydrogens is 240 g/mol. The molecule has 4 nitrogen and oxygen atoms in total. The maximum absolute atomic E-state index is 8.95. The predicted molar refractivity (Wildman–Crippen MR) is 73.4 cm³/mol. The molecule has 1 N–H and O–H groups in total. The normalized spacial score (nSPS) is 20.4. The molecule has 1 fully saturated rings. The molecule has 1 aromatic carbocycles. The van der Waals surface area contributed by atoms with E-state index in [2.05, 4.69) is 18.3 Å². The molecule has 0 spiro atoms. The Hall–Kier alpha value is -1.73. The first-order chi connectivity index (χ1) is 9.24. The van der Waals surface area contributed by atoms with E-state index in [1.807, 2.05) is 0 Å². The minimum atomic E-state index is 0.107. The molecule has 0 radical (unpaired) electrons. The molecule has 1 saturated heterocycles. The van der Waals surface area contributed by atoms with E-state index in [0.717, 1.165) is 13.1 Å². The van der Waals surface area contributed by atoms with Gasteiger partial charge in [-0.1, -0.05) is 0 Å². The van der Waals surface area contributed by atoms with Crippen LogP contribution in [-0.2, 0) is 0 Å². The second-order valence-electron chi connectivity index (χ2n) is 4.91. The first-order valence-electron chi connectivity index (χ1n) is 6.70. The number of benzene rings is 1. The molecule has 0 saturated carbocycles. The average molecular weight is 260 g/mol. The van der Waals surface area contributed by atoms with Crippen LogP contribution in [-0.4, -0.2) is 26.3 Å². The van der Waals surface area contributed by atoms with Gasteiger partial charge in [0.15, 0.2) is 11.5 Å². The van der Waals surface area contributed by atoms with Crippen LogP contribution in [0.25, 0.3) is 0 Å². The van der Waals surface area contributed by atoms with Gasteiger partial charge in [0.2, 0.25) is 0 Å². The Balaban J connectivity index is 2.10. The van der Waals surface area contributed by atoms with Crippen LogP contribution in [0.3, 0.4) is 0 Å². The van der Waals surface area contributed by atoms with Gasteiger partial charge in [0, 0.05) is 18.5 Å². The zero-order valence-corrected chi connectivity index (χ0v) is 11.5. The summed E-state index contributed by atoms with van der Waals surface area (Å²) in [7, 11) is 1.61. The summed E-state index contributed by atoms with van der Waals surface area (Å²) in [5.74, 6) is 1.83. The average Bonchev–Trinajstić information content (AvgIpc) is 2.48. The van der Waals surface area contributed by atoms with E-state index < -0.39 is 0 Å². The van der Waals surface area contributed by atoms with Crippen molar-refractivity contribution in [2.75, 3.05) is 20.2 Å². The lowest BCUT2D eigenvalue weighted by molar-refractivity contribution is 0.127. The Bertz CT molecular complexity index is 462. The summed E-state index contributed by atoms with van der Waals surface area (Å²) < 4.78 is 11.3. The molecule has 1 aliphatic heterocycles. The number of nitrogens with zero attached hydrogens (tertiary/aromatic N) is 1. The highest BCUT2D eigenvalue weighted by molar-refractivity contribution is 5.46. The van der Waals surface area contributed by atoms with Crippen molar-refractivity contribution in [1.29, 1.82) is 5.26 Å². The van der Waals surface area contributed by atoms with Crippen molar-refractivity contribution in [2.45, 2.75) is 25.9 Å². The zero-order valence-electron chi connectivity index (χ0n) is 11.5. The third-order valence-electron chi connectivity index (χ3n) is 3.60. The highest BCUT2D eigenvalue weighted by Crippen LogP contribution is 2.30. The van der Waals surface area contributed by atoms with Gasteiger partial charge in [-0.05, 0) is 38.4 Å². The van der Waals surface area contributed by atoms with Crippen LogP contribution in [0.5, 0.6) is 11.5 Å². The summed E-state index contributed by atoms with van der Waals surface area (Å²) in [6.07, 6.45) is 2.47. The van der Waals surface area contributed by atoms with Gasteiger partial charge in [-0.2, -0.15) is 5.26 Å². The van der Waals surface area contributed by atoms with E-state index in [4.69, 9.17) is 14.7 Å². The van der Waals surface area contributed by atoms with Gasteiger partial charge < -0.3 is 14.8 Å². The van der Waals surface area contributed by atoms with Crippen molar-refractivity contribution < 1.29 is 9.47 Å². The summed E-state index contributed by atoms with van der Waals surface area (Å²) in [5.41, 5.74) is 0.588. The van der Waals surface area contributed by atoms with E-state index in [0.29, 0.717) is 23.0 Å². The molecular formula is C15H20N2O2. The molecule has 2 rings (SSSR count). The predicted octanol–water partition coefficient (Wildman–Crippen LogP) is 2.33. The van der Waals surface area contributed by atoms with Crippen LogP contribution in [0.2, 0.25) is 0 Å². The lowest BCUT2D eigenvalue weighted by atomic mass is 9.94. The second kappa shape index (κ2) is 6.44. The lowest BCUT2D eigenvalue weighted by Gasteiger charge is -2.29. The molecule has 1 aliphatic rings. The number of hydrogen-bond acceptors (Lipinski definition) is 4. The Labute approximate surface area is 114 Å². The molecule has 2 unspecified atom stereocenters. The number of ether oxygens (including phenoxy) is 2. The lowest BCUT2D eigenvalue weighted by Crippen LogP contribution is -2.37. The fourth-order valence-electron chi connectivity index (χ4n) is 2.41. The van der Waals surface area contributed by atoms with Gasteiger partial charge in [0.1, 0.15) is 6.10 Å². The molecule has 102 valence electrons. The van der Waals surface area contributed by atoms with Crippen molar-refractivity contribution in [2.24, 2.45) is 5.92 Å². The number of rotatable bonds is 4. The van der Waals surface area contributed by atoms with Gasteiger partial charge in [-0.3, -0.25) is 0 Å². The van der Waals surface area contributed by atoms with Crippen molar-refractivity contribution in [1.82, 2.24) is 5.32 Å². The van der Waals surface area contributed by atoms with Crippen LogP contribution in [0, 0.1) is 17.2 Å². The number of nitrogens with one attached hydrogen (secondary N) is 1. The van der Waals surface area contributed by atoms with Crippen molar-refractivity contribution >= 4 is 0 Å². The summed E-state index contributed by atoms with van der Waals surface area (Å²) in [6.45, 7) is 4.16. The summed E-state index contributed by atoms with van der Waals surface area (Å²) >= 11 is 0. The Kier molecular flexibility index (Phi) is 4.64. The third kappa shape index (κ3) is 3.39. The summed E-state index contributed by atoms with van der Waals surface area (Å²) in [4.78, 5) is 0. The van der Waals surface area contributed by atoms with Crippen molar-refractivity contribution in [3.8, 4) is 17.6 Å². The van der Waals surface area contributed by atoms with Crippen LogP contribution in [0.1, 0.15) is 25.3 Å². The first-order valence-corrected chi connectivity index (χ1v) is 6.70. The second-order valence-corrected chi connectivity index (χ2v) is 4.91. The number of piperidine rings is 1. The number of nitriles is 1. The number of methoxy groups -OCH3 is 1. The van der Waals surface area contributed by atoms with Gasteiger partial charge >= 0.3 is 0 Å². The highest BCUT2D eigenvalue weighted by atomic mass is 16.5. The quantitative estimate of drug-likeness (QED) is 0.902. The molecule has 1 heterocycles. The van der Waals surface area contributed by atoms with Gasteiger partial charge in [0.05, 0.1) is 18.7 Å². The summed E-state index contributed by atoms with van der Waals surface area (Å²) in [6, 6.07) is 7.38. The fourth-order valence-corrected chi connectivity index (χ4v) is 2.41. The molecule has 0 aromatic heterocycles. The third-order valence-corrected chi connectivity index (χ3v) is 3.60. The smallest absolute Gasteiger partial charge is 0.162 e. The molecule has 0 bridgehead atoms. The zero-order chi connectivity index (χ0) is 13.7. The summed E-state index contributed by atoms with van der Waals surface area (Å²) in [5, 5.41) is 12.3.